The van der Waals surface area contributed by atoms with Crippen LogP contribution in [0.3, 0.4) is 0 Å². The van der Waals surface area contributed by atoms with E-state index >= 15 is 0 Å². The van der Waals surface area contributed by atoms with Gasteiger partial charge >= 0.3 is 5.97 Å². The van der Waals surface area contributed by atoms with E-state index in [2.05, 4.69) is 28.6 Å². The van der Waals surface area contributed by atoms with Crippen molar-refractivity contribution in [2.24, 2.45) is 0 Å². The number of pyridine rings is 1. The Morgan fingerprint density at radius 3 is 2.69 bits per heavy atom. The predicted octanol–water partition coefficient (Wildman–Crippen LogP) is 6.85. The number of hydrogen-bond donors (Lipinski definition) is 1. The summed E-state index contributed by atoms with van der Waals surface area (Å²) in [5, 5.41) is 26.1. The molecule has 5 rings (SSSR count). The number of aromatic nitrogens is 1. The Balaban J connectivity index is 1.65. The van der Waals surface area contributed by atoms with Gasteiger partial charge in [-0.3, -0.25) is 9.78 Å². The molecule has 0 amide bonds. The van der Waals surface area contributed by atoms with E-state index in [0.717, 1.165) is 42.4 Å². The zero-order chi connectivity index (χ0) is 22.1. The van der Waals surface area contributed by atoms with Crippen LogP contribution in [0.15, 0.2) is 71.7 Å². The zero-order valence-corrected chi connectivity index (χ0v) is 18.6. The zero-order valence-electron chi connectivity index (χ0n) is 17.0. The Hall–Kier alpha value is -3.53. The minimum Gasteiger partial charge on any atom is -0.481 e. The number of hydrogen-bond acceptors (Lipinski definition) is 5. The highest BCUT2D eigenvalue weighted by Crippen LogP contribution is 2.41. The van der Waals surface area contributed by atoms with Gasteiger partial charge in [0.2, 0.25) is 0 Å². The van der Waals surface area contributed by atoms with E-state index in [-0.39, 0.29) is 12.3 Å². The first-order valence-electron chi connectivity index (χ1n) is 10.2. The van der Waals surface area contributed by atoms with Crippen LogP contribution in [0.5, 0.6) is 0 Å². The highest BCUT2D eigenvalue weighted by atomic mass is 32.1. The van der Waals surface area contributed by atoms with Gasteiger partial charge in [0.25, 0.3) is 0 Å². The first-order chi connectivity index (χ1) is 15.6. The van der Waals surface area contributed by atoms with Crippen molar-refractivity contribution in [3.05, 3.63) is 87.7 Å². The van der Waals surface area contributed by atoms with Crippen molar-refractivity contribution in [2.45, 2.75) is 18.8 Å². The largest absolute Gasteiger partial charge is 0.481 e. The van der Waals surface area contributed by atoms with Crippen molar-refractivity contribution in [1.82, 2.24) is 4.98 Å². The molecule has 0 aliphatic heterocycles. The van der Waals surface area contributed by atoms with Crippen LogP contribution in [0.4, 0.5) is 0 Å². The SMILES string of the molecule is N#Cc1ccc(-c2cncc3cc([C@@H](CC(=O)O)Cc4ccsc4)sc23)c2ccccc12. The highest BCUT2D eigenvalue weighted by Gasteiger charge is 2.21. The second-order valence-electron chi connectivity index (χ2n) is 7.70. The lowest BCUT2D eigenvalue weighted by atomic mass is 9.95. The lowest BCUT2D eigenvalue weighted by Crippen LogP contribution is -2.07. The topological polar surface area (TPSA) is 74.0 Å². The van der Waals surface area contributed by atoms with E-state index in [9.17, 15) is 15.2 Å². The standard InChI is InChI=1S/C26H18N2O2S2/c27-12-17-5-6-22(21-4-2-1-3-20(17)21)23-14-28-13-19-10-24(32-26(19)23)18(11-25(29)30)9-16-7-8-31-15-16/h1-8,10,13-15,18H,9,11H2,(H,29,30)/t18-/m1/s1. The van der Waals surface area contributed by atoms with Gasteiger partial charge in [-0.05, 0) is 51.9 Å². The number of rotatable bonds is 6. The molecule has 0 spiro atoms. The van der Waals surface area contributed by atoms with E-state index in [1.165, 1.54) is 0 Å². The summed E-state index contributed by atoms with van der Waals surface area (Å²) in [7, 11) is 0. The van der Waals surface area contributed by atoms with Crippen molar-refractivity contribution in [3.8, 4) is 17.2 Å². The minimum atomic E-state index is -0.792. The van der Waals surface area contributed by atoms with E-state index in [0.29, 0.717) is 12.0 Å². The Labute approximate surface area is 193 Å². The monoisotopic (exact) mass is 454 g/mol. The summed E-state index contributed by atoms with van der Waals surface area (Å²) >= 11 is 3.27. The van der Waals surface area contributed by atoms with Gasteiger partial charge in [-0.25, -0.2) is 0 Å². The molecule has 3 aromatic heterocycles. The smallest absolute Gasteiger partial charge is 0.304 e. The van der Waals surface area contributed by atoms with Crippen molar-refractivity contribution in [3.63, 3.8) is 0 Å². The fourth-order valence-corrected chi connectivity index (χ4v) is 6.12. The van der Waals surface area contributed by atoms with Gasteiger partial charge in [-0.1, -0.05) is 30.3 Å². The van der Waals surface area contributed by atoms with Crippen LogP contribution in [-0.2, 0) is 11.2 Å². The maximum absolute atomic E-state index is 11.6. The molecule has 5 aromatic rings. The third kappa shape index (κ3) is 3.77. The number of nitrogens with zero attached hydrogens (tertiary/aromatic N) is 2. The third-order valence-electron chi connectivity index (χ3n) is 5.66. The lowest BCUT2D eigenvalue weighted by molar-refractivity contribution is -0.137. The summed E-state index contributed by atoms with van der Waals surface area (Å²) < 4.78 is 1.09. The summed E-state index contributed by atoms with van der Waals surface area (Å²) in [5.41, 5.74) is 3.84. The molecule has 4 nitrogen and oxygen atoms in total. The maximum atomic E-state index is 11.6. The lowest BCUT2D eigenvalue weighted by Gasteiger charge is -2.12. The van der Waals surface area contributed by atoms with E-state index in [4.69, 9.17) is 0 Å². The fraction of sp³-hybridized carbons (Fsp3) is 0.115. The Morgan fingerprint density at radius 1 is 1.09 bits per heavy atom. The van der Waals surface area contributed by atoms with Crippen molar-refractivity contribution < 1.29 is 9.90 Å². The number of carboxylic acid groups (broad SMARTS) is 1. The molecule has 1 atom stereocenters. The molecule has 0 aliphatic carbocycles. The molecule has 0 aliphatic rings. The van der Waals surface area contributed by atoms with Gasteiger partial charge in [-0.2, -0.15) is 16.6 Å². The Morgan fingerprint density at radius 2 is 1.94 bits per heavy atom. The second-order valence-corrected chi connectivity index (χ2v) is 9.57. The molecule has 6 heteroatoms. The van der Waals surface area contributed by atoms with Crippen molar-refractivity contribution in [2.75, 3.05) is 0 Å². The van der Waals surface area contributed by atoms with Crippen molar-refractivity contribution >= 4 is 49.5 Å². The van der Waals surface area contributed by atoms with Gasteiger partial charge in [0.15, 0.2) is 0 Å². The first kappa shape index (κ1) is 20.4. The van der Waals surface area contributed by atoms with Gasteiger partial charge < -0.3 is 5.11 Å². The predicted molar refractivity (Wildman–Crippen MR) is 130 cm³/mol. The molecule has 0 fully saturated rings. The average Bonchev–Trinajstić information content (AvgIpc) is 3.47. The quantitative estimate of drug-likeness (QED) is 0.304. The first-order valence-corrected chi connectivity index (χ1v) is 11.9. The molecule has 1 N–H and O–H groups in total. The molecule has 0 saturated carbocycles. The second kappa shape index (κ2) is 8.54. The number of nitriles is 1. The fourth-order valence-electron chi connectivity index (χ4n) is 4.18. The van der Waals surface area contributed by atoms with E-state index in [1.54, 1.807) is 22.7 Å². The molecular weight excluding hydrogens is 436 g/mol. The number of fused-ring (bicyclic) bond motifs is 2. The molecular formula is C26H18N2O2S2. The maximum Gasteiger partial charge on any atom is 0.304 e. The van der Waals surface area contributed by atoms with E-state index < -0.39 is 5.97 Å². The Kier molecular flexibility index (Phi) is 5.44. The van der Waals surface area contributed by atoms with Gasteiger partial charge in [0.05, 0.1) is 18.1 Å². The third-order valence-corrected chi connectivity index (χ3v) is 7.74. The molecule has 3 heterocycles. The normalized spacial score (nSPS) is 12.1. The number of aliphatic carboxylic acids is 1. The van der Waals surface area contributed by atoms with Crippen LogP contribution in [0, 0.1) is 11.3 Å². The average molecular weight is 455 g/mol. The van der Waals surface area contributed by atoms with E-state index in [1.807, 2.05) is 54.2 Å². The molecule has 0 unspecified atom stereocenters. The molecule has 0 saturated heterocycles. The summed E-state index contributed by atoms with van der Waals surface area (Å²) in [6, 6.07) is 18.2. The summed E-state index contributed by atoms with van der Waals surface area (Å²) in [6.07, 6.45) is 4.49. The number of thiophene rings is 2. The number of carboxylic acids is 1. The molecule has 156 valence electrons. The van der Waals surface area contributed by atoms with Crippen LogP contribution in [0.25, 0.3) is 32.0 Å². The van der Waals surface area contributed by atoms with Crippen LogP contribution in [-0.4, -0.2) is 16.1 Å². The highest BCUT2D eigenvalue weighted by molar-refractivity contribution is 7.19. The van der Waals surface area contributed by atoms with Crippen LogP contribution in [0.1, 0.15) is 28.3 Å². The van der Waals surface area contributed by atoms with Gasteiger partial charge in [-0.15, -0.1) is 11.3 Å². The number of benzene rings is 2. The molecule has 0 bridgehead atoms. The van der Waals surface area contributed by atoms with Gasteiger partial charge in [0.1, 0.15) is 0 Å². The van der Waals surface area contributed by atoms with Crippen LogP contribution in [0.2, 0.25) is 0 Å². The minimum absolute atomic E-state index is 0.0885. The summed E-state index contributed by atoms with van der Waals surface area (Å²) in [6.45, 7) is 0. The molecule has 2 aromatic carbocycles. The molecule has 0 radical (unpaired) electrons. The van der Waals surface area contributed by atoms with Crippen LogP contribution >= 0.6 is 22.7 Å². The summed E-state index contributed by atoms with van der Waals surface area (Å²) in [5.74, 6) is -0.885. The number of carbonyl (C=O) groups is 1. The molecule has 32 heavy (non-hydrogen) atoms. The van der Waals surface area contributed by atoms with Crippen LogP contribution < -0.4 is 0 Å². The Bertz CT molecular complexity index is 1480. The van der Waals surface area contributed by atoms with Crippen molar-refractivity contribution in [1.29, 1.82) is 5.26 Å². The van der Waals surface area contributed by atoms with Gasteiger partial charge in [0, 0.05) is 44.2 Å². The summed E-state index contributed by atoms with van der Waals surface area (Å²) in [4.78, 5) is 17.1.